The zero-order valence-electron chi connectivity index (χ0n) is 13.6. The Hall–Kier alpha value is -1.39. The fourth-order valence-electron chi connectivity index (χ4n) is 2.73. The minimum absolute atomic E-state index is 0.0803. The van der Waals surface area contributed by atoms with Crippen molar-refractivity contribution in [3.63, 3.8) is 0 Å². The number of aryl methyl sites for hydroxylation is 1. The number of amides is 1. The molecule has 0 spiro atoms. The molecule has 0 bridgehead atoms. The molecule has 4 heteroatoms. The molecule has 0 aromatic heterocycles. The zero-order valence-corrected chi connectivity index (χ0v) is 13.6. The van der Waals surface area contributed by atoms with Crippen molar-refractivity contribution >= 4 is 11.6 Å². The second-order valence-corrected chi connectivity index (χ2v) is 6.38. The Labute approximate surface area is 127 Å². The molecule has 1 aliphatic heterocycles. The van der Waals surface area contributed by atoms with Gasteiger partial charge >= 0.3 is 0 Å². The second kappa shape index (κ2) is 6.58. The molecule has 1 aromatic carbocycles. The fourth-order valence-corrected chi connectivity index (χ4v) is 2.73. The highest BCUT2D eigenvalue weighted by Crippen LogP contribution is 2.21. The van der Waals surface area contributed by atoms with Crippen molar-refractivity contribution in [3.8, 4) is 0 Å². The topological polar surface area (TPSA) is 44.4 Å². The van der Waals surface area contributed by atoms with Gasteiger partial charge in [0.25, 0.3) is 0 Å². The van der Waals surface area contributed by atoms with E-state index in [-0.39, 0.29) is 11.4 Å². The van der Waals surface area contributed by atoms with E-state index in [1.165, 1.54) is 5.56 Å². The summed E-state index contributed by atoms with van der Waals surface area (Å²) in [6.07, 6.45) is 2.17. The highest BCUT2D eigenvalue weighted by atomic mass is 16.2. The van der Waals surface area contributed by atoms with E-state index in [2.05, 4.69) is 35.4 Å². The number of likely N-dealkylation sites (tertiary alicyclic amines) is 1. The molecule has 1 saturated heterocycles. The van der Waals surface area contributed by atoms with Crippen LogP contribution in [0.15, 0.2) is 18.2 Å². The SMILES string of the molecule is CNC1(C)CCN(CC(=O)Nc2cccc(C)c2C)CC1. The molecule has 21 heavy (non-hydrogen) atoms. The Balaban J connectivity index is 1.87. The van der Waals surface area contributed by atoms with Crippen molar-refractivity contribution in [2.24, 2.45) is 0 Å². The number of hydrogen-bond acceptors (Lipinski definition) is 3. The van der Waals surface area contributed by atoms with E-state index in [4.69, 9.17) is 0 Å². The maximum atomic E-state index is 12.2. The van der Waals surface area contributed by atoms with Crippen molar-refractivity contribution in [3.05, 3.63) is 29.3 Å². The lowest BCUT2D eigenvalue weighted by Gasteiger charge is -2.39. The molecular formula is C17H27N3O. The summed E-state index contributed by atoms with van der Waals surface area (Å²) in [7, 11) is 2.02. The molecule has 1 amide bonds. The quantitative estimate of drug-likeness (QED) is 0.894. The smallest absolute Gasteiger partial charge is 0.238 e. The molecule has 0 unspecified atom stereocenters. The number of carbonyl (C=O) groups excluding carboxylic acids is 1. The van der Waals surface area contributed by atoms with Crippen LogP contribution in [0, 0.1) is 13.8 Å². The van der Waals surface area contributed by atoms with E-state index in [0.717, 1.165) is 37.2 Å². The van der Waals surface area contributed by atoms with Crippen LogP contribution in [-0.2, 0) is 4.79 Å². The zero-order chi connectivity index (χ0) is 15.5. The first-order valence-corrected chi connectivity index (χ1v) is 7.71. The highest BCUT2D eigenvalue weighted by Gasteiger charge is 2.28. The van der Waals surface area contributed by atoms with Crippen molar-refractivity contribution in [1.82, 2.24) is 10.2 Å². The summed E-state index contributed by atoms with van der Waals surface area (Å²) in [5.74, 6) is 0.0803. The number of piperidine rings is 1. The second-order valence-electron chi connectivity index (χ2n) is 6.38. The van der Waals surface area contributed by atoms with E-state index in [1.807, 2.05) is 26.1 Å². The first kappa shape index (κ1) is 16.0. The number of hydrogen-bond donors (Lipinski definition) is 2. The largest absolute Gasteiger partial charge is 0.325 e. The van der Waals surface area contributed by atoms with Gasteiger partial charge in [-0.05, 0) is 57.9 Å². The lowest BCUT2D eigenvalue weighted by molar-refractivity contribution is -0.117. The predicted octanol–water partition coefficient (Wildman–Crippen LogP) is 2.32. The number of anilines is 1. The van der Waals surface area contributed by atoms with Crippen molar-refractivity contribution < 1.29 is 4.79 Å². The van der Waals surface area contributed by atoms with E-state index < -0.39 is 0 Å². The third-order valence-electron chi connectivity index (χ3n) is 4.81. The monoisotopic (exact) mass is 289 g/mol. The molecule has 116 valence electrons. The predicted molar refractivity (Wildman–Crippen MR) is 87.7 cm³/mol. The average Bonchev–Trinajstić information content (AvgIpc) is 2.47. The number of nitrogens with one attached hydrogen (secondary N) is 2. The number of benzene rings is 1. The van der Waals surface area contributed by atoms with E-state index in [9.17, 15) is 4.79 Å². The minimum Gasteiger partial charge on any atom is -0.325 e. The van der Waals surface area contributed by atoms with Crippen LogP contribution in [0.2, 0.25) is 0 Å². The maximum absolute atomic E-state index is 12.2. The van der Waals surface area contributed by atoms with Crippen molar-refractivity contribution in [2.45, 2.75) is 39.2 Å². The van der Waals surface area contributed by atoms with Crippen LogP contribution < -0.4 is 10.6 Å². The molecule has 1 aliphatic rings. The van der Waals surface area contributed by atoms with Gasteiger partial charge in [0.1, 0.15) is 0 Å². The van der Waals surface area contributed by atoms with Crippen LogP contribution in [0.4, 0.5) is 5.69 Å². The van der Waals surface area contributed by atoms with Crippen molar-refractivity contribution in [1.29, 1.82) is 0 Å². The van der Waals surface area contributed by atoms with Crippen LogP contribution >= 0.6 is 0 Å². The Morgan fingerprint density at radius 1 is 1.29 bits per heavy atom. The van der Waals surface area contributed by atoms with Gasteiger partial charge in [-0.1, -0.05) is 12.1 Å². The summed E-state index contributed by atoms with van der Waals surface area (Å²) < 4.78 is 0. The molecule has 4 nitrogen and oxygen atoms in total. The summed E-state index contributed by atoms with van der Waals surface area (Å²) in [6, 6.07) is 6.01. The van der Waals surface area contributed by atoms with E-state index in [1.54, 1.807) is 0 Å². The average molecular weight is 289 g/mol. The van der Waals surface area contributed by atoms with Crippen LogP contribution in [0.5, 0.6) is 0 Å². The van der Waals surface area contributed by atoms with Crippen LogP contribution in [0.25, 0.3) is 0 Å². The van der Waals surface area contributed by atoms with Gasteiger partial charge in [-0.3, -0.25) is 9.69 Å². The first-order valence-electron chi connectivity index (χ1n) is 7.71. The molecule has 0 aliphatic carbocycles. The van der Waals surface area contributed by atoms with Gasteiger partial charge in [0.15, 0.2) is 0 Å². The maximum Gasteiger partial charge on any atom is 0.238 e. The molecule has 2 rings (SSSR count). The molecule has 2 N–H and O–H groups in total. The highest BCUT2D eigenvalue weighted by molar-refractivity contribution is 5.93. The molecule has 1 fully saturated rings. The lowest BCUT2D eigenvalue weighted by atomic mass is 9.90. The molecule has 1 aromatic rings. The Kier molecular flexibility index (Phi) is 5.01. The summed E-state index contributed by atoms with van der Waals surface area (Å²) in [4.78, 5) is 14.4. The molecule has 0 radical (unpaired) electrons. The lowest BCUT2D eigenvalue weighted by Crippen LogP contribution is -2.51. The summed E-state index contributed by atoms with van der Waals surface area (Å²) in [5.41, 5.74) is 3.50. The van der Waals surface area contributed by atoms with Gasteiger partial charge in [-0.15, -0.1) is 0 Å². The normalized spacial score (nSPS) is 18.5. The van der Waals surface area contributed by atoms with Gasteiger partial charge in [-0.2, -0.15) is 0 Å². The van der Waals surface area contributed by atoms with Gasteiger partial charge in [-0.25, -0.2) is 0 Å². The van der Waals surface area contributed by atoms with Crippen LogP contribution in [-0.4, -0.2) is 43.0 Å². The van der Waals surface area contributed by atoms with Gasteiger partial charge in [0.2, 0.25) is 5.91 Å². The number of nitrogens with zero attached hydrogens (tertiary/aromatic N) is 1. The van der Waals surface area contributed by atoms with Gasteiger partial charge in [0, 0.05) is 24.3 Å². The summed E-state index contributed by atoms with van der Waals surface area (Å²) in [6.45, 7) is 8.78. The molecule has 1 heterocycles. The molecular weight excluding hydrogens is 262 g/mol. The Morgan fingerprint density at radius 3 is 2.57 bits per heavy atom. The summed E-state index contributed by atoms with van der Waals surface area (Å²) >= 11 is 0. The third kappa shape index (κ3) is 4.05. The van der Waals surface area contributed by atoms with Gasteiger partial charge in [0.05, 0.1) is 6.54 Å². The first-order chi connectivity index (χ1) is 9.93. The van der Waals surface area contributed by atoms with E-state index in [0.29, 0.717) is 6.54 Å². The summed E-state index contributed by atoms with van der Waals surface area (Å²) in [5, 5.41) is 6.42. The number of carbonyl (C=O) groups is 1. The number of rotatable bonds is 4. The Morgan fingerprint density at radius 2 is 1.95 bits per heavy atom. The fraction of sp³-hybridized carbons (Fsp3) is 0.588. The minimum atomic E-state index is 0.0803. The van der Waals surface area contributed by atoms with Gasteiger partial charge < -0.3 is 10.6 Å². The Bertz CT molecular complexity index is 505. The third-order valence-corrected chi connectivity index (χ3v) is 4.81. The van der Waals surface area contributed by atoms with Crippen LogP contribution in [0.1, 0.15) is 30.9 Å². The van der Waals surface area contributed by atoms with E-state index >= 15 is 0 Å². The standard InChI is InChI=1S/C17H27N3O/c1-13-6-5-7-15(14(13)2)19-16(21)12-20-10-8-17(3,18-4)9-11-20/h5-7,18H,8-12H2,1-4H3,(H,19,21). The van der Waals surface area contributed by atoms with Crippen LogP contribution in [0.3, 0.4) is 0 Å². The van der Waals surface area contributed by atoms with Crippen molar-refractivity contribution in [2.75, 3.05) is 32.0 Å². The molecule has 0 atom stereocenters. The molecule has 0 saturated carbocycles.